The smallest absolute Gasteiger partial charge is 0.327 e. The van der Waals surface area contributed by atoms with Gasteiger partial charge >= 0.3 is 5.97 Å². The summed E-state index contributed by atoms with van der Waals surface area (Å²) in [5, 5.41) is 16.0. The third kappa shape index (κ3) is 5.90. The molecule has 2 N–H and O–H groups in total. The number of carbonyl (C=O) groups is 2. The van der Waals surface area contributed by atoms with E-state index in [9.17, 15) is 14.7 Å². The van der Waals surface area contributed by atoms with Crippen molar-refractivity contribution in [2.24, 2.45) is 0 Å². The van der Waals surface area contributed by atoms with E-state index in [4.69, 9.17) is 0 Å². The summed E-state index contributed by atoms with van der Waals surface area (Å²) >= 11 is 1.58. The number of hydrogen-bond donors (Lipinski definition) is 2. The molecule has 0 aliphatic heterocycles. The molecular weight excluding hydrogens is 434 g/mol. The van der Waals surface area contributed by atoms with Crippen LogP contribution < -0.4 is 20.9 Å². The predicted molar refractivity (Wildman–Crippen MR) is 136 cm³/mol. The summed E-state index contributed by atoms with van der Waals surface area (Å²) in [7, 11) is -2.25. The third-order valence-electron chi connectivity index (χ3n) is 5.60. The van der Waals surface area contributed by atoms with E-state index >= 15 is 0 Å². The minimum atomic E-state index is -2.25. The lowest BCUT2D eigenvalue weighted by Crippen LogP contribution is -2.67. The maximum absolute atomic E-state index is 11.4. The molecule has 0 radical (unpaired) electrons. The molecule has 0 aliphatic rings. The summed E-state index contributed by atoms with van der Waals surface area (Å²) in [6.07, 6.45) is 0.960. The largest absolute Gasteiger partial charge is 0.480 e. The van der Waals surface area contributed by atoms with Crippen LogP contribution in [-0.4, -0.2) is 42.6 Å². The SMILES string of the molecule is CC(=O)N[C@@H](CSCCC[Si](c1ccccc1)(c1ccccc1)c1ccccc1)C(=O)O. The fourth-order valence-electron chi connectivity index (χ4n) is 4.16. The second-order valence-corrected chi connectivity index (χ2v) is 13.0. The predicted octanol–water partition coefficient (Wildman–Crippen LogP) is 2.87. The minimum Gasteiger partial charge on any atom is -0.480 e. The molecule has 0 unspecified atom stereocenters. The Bertz CT molecular complexity index is 903. The molecule has 0 aliphatic carbocycles. The van der Waals surface area contributed by atoms with Gasteiger partial charge in [0.15, 0.2) is 0 Å². The molecule has 3 aromatic rings. The highest BCUT2D eigenvalue weighted by Crippen LogP contribution is 2.18. The Hall–Kier alpha value is -2.83. The standard InChI is InChI=1S/C26H29NO3SSi/c1-21(28)27-25(26(29)30)20-31-18-11-19-32(22-12-5-2-6-13-22,23-14-7-3-8-15-23)24-16-9-4-10-17-24/h2-10,12-17,25H,11,18-20H2,1H3,(H,27,28)(H,29,30)/t25-/m0/s1. The fourth-order valence-corrected chi connectivity index (χ4v) is 10.3. The number of carboxylic acids is 1. The molecule has 0 aromatic heterocycles. The van der Waals surface area contributed by atoms with Gasteiger partial charge < -0.3 is 10.4 Å². The zero-order valence-electron chi connectivity index (χ0n) is 18.2. The van der Waals surface area contributed by atoms with Crippen LogP contribution in [0.3, 0.4) is 0 Å². The van der Waals surface area contributed by atoms with Crippen LogP contribution in [-0.2, 0) is 9.59 Å². The molecule has 32 heavy (non-hydrogen) atoms. The summed E-state index contributed by atoms with van der Waals surface area (Å²) in [6, 6.07) is 32.5. The molecule has 1 atom stereocenters. The van der Waals surface area contributed by atoms with Gasteiger partial charge in [0.25, 0.3) is 0 Å². The first kappa shape index (κ1) is 23.8. The van der Waals surface area contributed by atoms with Crippen LogP contribution in [0.2, 0.25) is 6.04 Å². The van der Waals surface area contributed by atoms with Crippen molar-refractivity contribution in [3.63, 3.8) is 0 Å². The van der Waals surface area contributed by atoms with Crippen LogP contribution >= 0.6 is 11.8 Å². The minimum absolute atomic E-state index is 0.318. The highest BCUT2D eigenvalue weighted by molar-refractivity contribution is 7.99. The van der Waals surface area contributed by atoms with Crippen LogP contribution in [0.5, 0.6) is 0 Å². The van der Waals surface area contributed by atoms with Crippen molar-refractivity contribution in [1.82, 2.24) is 5.32 Å². The first-order valence-electron chi connectivity index (χ1n) is 10.8. The lowest BCUT2D eigenvalue weighted by molar-refractivity contribution is -0.140. The maximum atomic E-state index is 11.4. The molecule has 3 rings (SSSR count). The van der Waals surface area contributed by atoms with Gasteiger partial charge in [-0.2, -0.15) is 11.8 Å². The van der Waals surface area contributed by atoms with Crippen LogP contribution in [0.15, 0.2) is 91.0 Å². The van der Waals surface area contributed by atoms with E-state index in [-0.39, 0.29) is 5.91 Å². The molecule has 0 saturated heterocycles. The van der Waals surface area contributed by atoms with Gasteiger partial charge in [-0.25, -0.2) is 4.79 Å². The number of amides is 1. The van der Waals surface area contributed by atoms with Gasteiger partial charge in [-0.15, -0.1) is 0 Å². The average Bonchev–Trinajstić information content (AvgIpc) is 2.82. The van der Waals surface area contributed by atoms with Crippen LogP contribution in [0.4, 0.5) is 0 Å². The Morgan fingerprint density at radius 2 is 1.28 bits per heavy atom. The van der Waals surface area contributed by atoms with Gasteiger partial charge in [0, 0.05) is 12.7 Å². The molecule has 0 saturated carbocycles. The Morgan fingerprint density at radius 1 is 0.844 bits per heavy atom. The lowest BCUT2D eigenvalue weighted by atomic mass is 10.3. The maximum Gasteiger partial charge on any atom is 0.327 e. The molecule has 0 bridgehead atoms. The topological polar surface area (TPSA) is 66.4 Å². The molecule has 4 nitrogen and oxygen atoms in total. The van der Waals surface area contributed by atoms with E-state index < -0.39 is 20.1 Å². The first-order chi connectivity index (χ1) is 15.5. The molecule has 0 heterocycles. The van der Waals surface area contributed by atoms with Crippen molar-refractivity contribution in [3.8, 4) is 0 Å². The van der Waals surface area contributed by atoms with E-state index in [2.05, 4.69) is 96.3 Å². The number of rotatable bonds is 11. The third-order valence-corrected chi connectivity index (χ3v) is 11.8. The summed E-state index contributed by atoms with van der Waals surface area (Å²) < 4.78 is 0. The van der Waals surface area contributed by atoms with Crippen LogP contribution in [0.1, 0.15) is 13.3 Å². The highest BCUT2D eigenvalue weighted by atomic mass is 32.2. The van der Waals surface area contributed by atoms with Gasteiger partial charge in [0.2, 0.25) is 5.91 Å². The Morgan fingerprint density at radius 3 is 1.66 bits per heavy atom. The second kappa shape index (κ2) is 11.7. The zero-order chi connectivity index (χ0) is 22.8. The van der Waals surface area contributed by atoms with Gasteiger partial charge in [-0.05, 0) is 33.8 Å². The summed E-state index contributed by atoms with van der Waals surface area (Å²) in [4.78, 5) is 22.7. The number of carboxylic acid groups (broad SMARTS) is 1. The molecule has 1 amide bonds. The summed E-state index contributed by atoms with van der Waals surface area (Å²) in [5.41, 5.74) is 0. The number of hydrogen-bond acceptors (Lipinski definition) is 3. The molecule has 3 aromatic carbocycles. The Labute approximate surface area is 195 Å². The van der Waals surface area contributed by atoms with Gasteiger partial charge in [-0.3, -0.25) is 4.79 Å². The van der Waals surface area contributed by atoms with E-state index in [0.29, 0.717) is 5.75 Å². The van der Waals surface area contributed by atoms with Crippen LogP contribution in [0, 0.1) is 0 Å². The summed E-state index contributed by atoms with van der Waals surface area (Å²) in [5.74, 6) is -0.105. The van der Waals surface area contributed by atoms with Crippen molar-refractivity contribution >= 4 is 47.3 Å². The first-order valence-corrected chi connectivity index (χ1v) is 14.1. The van der Waals surface area contributed by atoms with Gasteiger partial charge in [0.1, 0.15) is 14.1 Å². The Kier molecular flexibility index (Phi) is 8.70. The van der Waals surface area contributed by atoms with Gasteiger partial charge in [0.05, 0.1) is 0 Å². The molecular formula is C26H29NO3SSi. The van der Waals surface area contributed by atoms with E-state index in [1.165, 1.54) is 22.5 Å². The second-order valence-electron chi connectivity index (χ2n) is 7.77. The van der Waals surface area contributed by atoms with Crippen molar-refractivity contribution < 1.29 is 14.7 Å². The number of carbonyl (C=O) groups excluding carboxylic acids is 1. The van der Waals surface area contributed by atoms with Crippen molar-refractivity contribution in [2.45, 2.75) is 25.4 Å². The molecule has 6 heteroatoms. The Balaban J connectivity index is 1.84. The van der Waals surface area contributed by atoms with Crippen molar-refractivity contribution in [1.29, 1.82) is 0 Å². The highest BCUT2D eigenvalue weighted by Gasteiger charge is 2.38. The fraction of sp³-hybridized carbons (Fsp3) is 0.231. The van der Waals surface area contributed by atoms with Gasteiger partial charge in [-0.1, -0.05) is 91.0 Å². The molecule has 0 fully saturated rings. The summed E-state index contributed by atoms with van der Waals surface area (Å²) in [6.45, 7) is 1.35. The number of thioether (sulfide) groups is 1. The number of benzene rings is 3. The molecule has 166 valence electrons. The van der Waals surface area contributed by atoms with E-state index in [1.54, 1.807) is 11.8 Å². The normalized spacial score (nSPS) is 12.2. The van der Waals surface area contributed by atoms with E-state index in [1.807, 2.05) is 0 Å². The lowest BCUT2D eigenvalue weighted by Gasteiger charge is -2.34. The average molecular weight is 464 g/mol. The molecule has 0 spiro atoms. The number of nitrogens with one attached hydrogen (secondary N) is 1. The number of aliphatic carboxylic acids is 1. The van der Waals surface area contributed by atoms with Crippen molar-refractivity contribution in [3.05, 3.63) is 91.0 Å². The van der Waals surface area contributed by atoms with Crippen LogP contribution in [0.25, 0.3) is 0 Å². The monoisotopic (exact) mass is 463 g/mol. The zero-order valence-corrected chi connectivity index (χ0v) is 20.1. The van der Waals surface area contributed by atoms with E-state index in [0.717, 1.165) is 18.2 Å². The quantitative estimate of drug-likeness (QED) is 0.261. The van der Waals surface area contributed by atoms with Crippen molar-refractivity contribution in [2.75, 3.05) is 11.5 Å².